The Labute approximate surface area is 159 Å². The predicted molar refractivity (Wildman–Crippen MR) is 102 cm³/mol. The molecule has 0 saturated carbocycles. The van der Waals surface area contributed by atoms with Crippen LogP contribution in [0.15, 0.2) is 45.2 Å². The van der Waals surface area contributed by atoms with Crippen molar-refractivity contribution in [2.24, 2.45) is 0 Å². The monoisotopic (exact) mass is 382 g/mol. The molecule has 0 spiro atoms. The second kappa shape index (κ2) is 6.82. The standard InChI is InChI=1S/C18H18N6O2S/c1-2-24-17(23-7-9-25-10-8-23)21-22-18(24)27-16-15-14(19-11-20-16)12-5-3-4-6-13(12)26-15/h3-6,11H,2,7-10H2,1H3. The minimum atomic E-state index is 0.683. The molecule has 1 saturated heterocycles. The van der Waals surface area contributed by atoms with Gasteiger partial charge in [0.05, 0.1) is 13.2 Å². The number of para-hydroxylation sites is 1. The number of ether oxygens (including phenoxy) is 1. The lowest BCUT2D eigenvalue weighted by atomic mass is 10.2. The third-order valence-electron chi connectivity index (χ3n) is 4.62. The van der Waals surface area contributed by atoms with Gasteiger partial charge in [-0.15, -0.1) is 10.2 Å². The van der Waals surface area contributed by atoms with Gasteiger partial charge < -0.3 is 14.1 Å². The molecule has 1 aliphatic rings. The zero-order valence-corrected chi connectivity index (χ0v) is 15.6. The van der Waals surface area contributed by atoms with E-state index < -0.39 is 0 Å². The van der Waals surface area contributed by atoms with Crippen molar-refractivity contribution in [3.8, 4) is 0 Å². The molecule has 138 valence electrons. The summed E-state index contributed by atoms with van der Waals surface area (Å²) in [6.07, 6.45) is 1.57. The highest BCUT2D eigenvalue weighted by atomic mass is 32.2. The smallest absolute Gasteiger partial charge is 0.228 e. The molecule has 8 nitrogen and oxygen atoms in total. The highest BCUT2D eigenvalue weighted by Gasteiger charge is 2.22. The number of fused-ring (bicyclic) bond motifs is 3. The number of morpholine rings is 1. The molecule has 1 aromatic carbocycles. The van der Waals surface area contributed by atoms with Gasteiger partial charge in [0.2, 0.25) is 5.95 Å². The quantitative estimate of drug-likeness (QED) is 0.498. The SMILES string of the molecule is CCn1c(Sc2ncnc3c2oc2ccccc23)nnc1N1CCOCC1. The lowest BCUT2D eigenvalue weighted by molar-refractivity contribution is 0.121. The van der Waals surface area contributed by atoms with Crippen molar-refractivity contribution in [2.45, 2.75) is 23.7 Å². The van der Waals surface area contributed by atoms with E-state index in [1.54, 1.807) is 6.33 Å². The fraction of sp³-hybridized carbons (Fsp3) is 0.333. The molecule has 1 fully saturated rings. The molecule has 5 rings (SSSR count). The summed E-state index contributed by atoms with van der Waals surface area (Å²) in [6.45, 7) is 5.94. The van der Waals surface area contributed by atoms with Crippen LogP contribution in [0.3, 0.4) is 0 Å². The Kier molecular flexibility index (Phi) is 4.17. The van der Waals surface area contributed by atoms with Crippen molar-refractivity contribution < 1.29 is 9.15 Å². The average Bonchev–Trinajstić information content (AvgIpc) is 3.30. The Hall–Kier alpha value is -2.65. The molecule has 0 aliphatic carbocycles. The number of hydrogen-bond acceptors (Lipinski definition) is 8. The van der Waals surface area contributed by atoms with E-state index in [4.69, 9.17) is 9.15 Å². The molecule has 0 unspecified atom stereocenters. The van der Waals surface area contributed by atoms with Crippen molar-refractivity contribution >= 4 is 39.8 Å². The van der Waals surface area contributed by atoms with E-state index in [0.717, 1.165) is 52.3 Å². The van der Waals surface area contributed by atoms with Gasteiger partial charge in [0.15, 0.2) is 15.8 Å². The summed E-state index contributed by atoms with van der Waals surface area (Å²) in [7, 11) is 0. The maximum Gasteiger partial charge on any atom is 0.228 e. The Morgan fingerprint density at radius 1 is 1.11 bits per heavy atom. The molecule has 3 aromatic heterocycles. The summed E-state index contributed by atoms with van der Waals surface area (Å²) in [5.74, 6) is 0.873. The zero-order valence-electron chi connectivity index (χ0n) is 14.8. The molecule has 1 aliphatic heterocycles. The fourth-order valence-corrected chi connectivity index (χ4v) is 4.20. The number of rotatable bonds is 4. The second-order valence-corrected chi connectivity index (χ2v) is 7.14. The molecule has 0 radical (unpaired) electrons. The van der Waals surface area contributed by atoms with Crippen LogP contribution in [0.1, 0.15) is 6.92 Å². The van der Waals surface area contributed by atoms with Gasteiger partial charge in [-0.3, -0.25) is 4.57 Å². The molecule has 9 heteroatoms. The number of nitrogens with zero attached hydrogens (tertiary/aromatic N) is 6. The van der Waals surface area contributed by atoms with E-state index in [1.807, 2.05) is 24.3 Å². The van der Waals surface area contributed by atoms with Gasteiger partial charge in [0, 0.05) is 25.0 Å². The van der Waals surface area contributed by atoms with Gasteiger partial charge in [0.25, 0.3) is 0 Å². The van der Waals surface area contributed by atoms with E-state index in [1.165, 1.54) is 11.8 Å². The van der Waals surface area contributed by atoms with E-state index >= 15 is 0 Å². The third-order valence-corrected chi connectivity index (χ3v) is 5.59. The number of aromatic nitrogens is 5. The summed E-state index contributed by atoms with van der Waals surface area (Å²) < 4.78 is 13.6. The van der Waals surface area contributed by atoms with Crippen LogP contribution in [0.25, 0.3) is 22.1 Å². The summed E-state index contributed by atoms with van der Waals surface area (Å²) in [6, 6.07) is 7.88. The lowest BCUT2D eigenvalue weighted by Gasteiger charge is -2.27. The van der Waals surface area contributed by atoms with Gasteiger partial charge in [-0.1, -0.05) is 12.1 Å². The summed E-state index contributed by atoms with van der Waals surface area (Å²) in [4.78, 5) is 11.1. The molecule has 0 amide bonds. The molecule has 0 bridgehead atoms. The number of anilines is 1. The third kappa shape index (κ3) is 2.83. The van der Waals surface area contributed by atoms with Crippen LogP contribution < -0.4 is 4.90 Å². The Morgan fingerprint density at radius 3 is 2.81 bits per heavy atom. The topological polar surface area (TPSA) is 82.1 Å². The minimum absolute atomic E-state index is 0.683. The summed E-state index contributed by atoms with van der Waals surface area (Å²) in [5.41, 5.74) is 2.31. The highest BCUT2D eigenvalue weighted by Crippen LogP contribution is 2.36. The largest absolute Gasteiger partial charge is 0.451 e. The zero-order chi connectivity index (χ0) is 18.2. The van der Waals surface area contributed by atoms with Crippen LogP contribution >= 0.6 is 11.8 Å². The van der Waals surface area contributed by atoms with Gasteiger partial charge in [-0.05, 0) is 30.8 Å². The average molecular weight is 382 g/mol. The fourth-order valence-electron chi connectivity index (χ4n) is 3.29. The Bertz CT molecular complexity index is 1100. The van der Waals surface area contributed by atoms with Crippen molar-refractivity contribution in [3.63, 3.8) is 0 Å². The minimum Gasteiger partial charge on any atom is -0.451 e. The highest BCUT2D eigenvalue weighted by molar-refractivity contribution is 7.99. The van der Waals surface area contributed by atoms with Crippen molar-refractivity contribution in [2.75, 3.05) is 31.2 Å². The summed E-state index contributed by atoms with van der Waals surface area (Å²) >= 11 is 1.45. The molecular weight excluding hydrogens is 364 g/mol. The first-order chi connectivity index (χ1) is 13.3. The van der Waals surface area contributed by atoms with E-state index in [0.29, 0.717) is 18.8 Å². The first kappa shape index (κ1) is 16.5. The van der Waals surface area contributed by atoms with Crippen LogP contribution in [-0.4, -0.2) is 51.0 Å². The normalized spacial score (nSPS) is 15.1. The van der Waals surface area contributed by atoms with Crippen molar-refractivity contribution in [3.05, 3.63) is 30.6 Å². The molecule has 27 heavy (non-hydrogen) atoms. The first-order valence-electron chi connectivity index (χ1n) is 8.91. The Morgan fingerprint density at radius 2 is 1.96 bits per heavy atom. The lowest BCUT2D eigenvalue weighted by Crippen LogP contribution is -2.38. The maximum absolute atomic E-state index is 6.02. The number of benzene rings is 1. The Balaban J connectivity index is 1.54. The second-order valence-electron chi connectivity index (χ2n) is 6.18. The van der Waals surface area contributed by atoms with E-state index in [2.05, 4.69) is 36.6 Å². The van der Waals surface area contributed by atoms with Crippen LogP contribution in [0.4, 0.5) is 5.95 Å². The van der Waals surface area contributed by atoms with Crippen molar-refractivity contribution in [1.82, 2.24) is 24.7 Å². The van der Waals surface area contributed by atoms with Gasteiger partial charge in [-0.25, -0.2) is 9.97 Å². The molecule has 0 atom stereocenters. The van der Waals surface area contributed by atoms with Crippen LogP contribution in [0.2, 0.25) is 0 Å². The number of hydrogen-bond donors (Lipinski definition) is 0. The molecule has 4 aromatic rings. The van der Waals surface area contributed by atoms with Crippen LogP contribution in [-0.2, 0) is 11.3 Å². The molecular formula is C18H18N6O2S. The molecule has 4 heterocycles. The predicted octanol–water partition coefficient (Wildman–Crippen LogP) is 2.98. The van der Waals surface area contributed by atoms with Crippen LogP contribution in [0.5, 0.6) is 0 Å². The first-order valence-corrected chi connectivity index (χ1v) is 9.73. The van der Waals surface area contributed by atoms with Gasteiger partial charge in [0.1, 0.15) is 17.4 Å². The van der Waals surface area contributed by atoms with Gasteiger partial charge in [-0.2, -0.15) is 0 Å². The van der Waals surface area contributed by atoms with Crippen LogP contribution in [0, 0.1) is 0 Å². The summed E-state index contributed by atoms with van der Waals surface area (Å²) in [5, 5.41) is 11.3. The maximum atomic E-state index is 6.02. The van der Waals surface area contributed by atoms with E-state index in [-0.39, 0.29) is 0 Å². The van der Waals surface area contributed by atoms with Crippen molar-refractivity contribution in [1.29, 1.82) is 0 Å². The number of furan rings is 1. The van der Waals surface area contributed by atoms with Gasteiger partial charge >= 0.3 is 0 Å². The molecule has 0 N–H and O–H groups in total. The van der Waals surface area contributed by atoms with E-state index in [9.17, 15) is 0 Å².